The molecule has 0 aromatic heterocycles. The molecule has 0 amide bonds. The Morgan fingerprint density at radius 2 is 2.13 bits per heavy atom. The van der Waals surface area contributed by atoms with E-state index >= 15 is 0 Å². The summed E-state index contributed by atoms with van der Waals surface area (Å²) in [6, 6.07) is 0. The SMILES string of the molecule is CC(=O)O[C@H]1C[C@@](C)(O)CC[C@H]1C(C)C. The van der Waals surface area contributed by atoms with E-state index in [2.05, 4.69) is 13.8 Å². The summed E-state index contributed by atoms with van der Waals surface area (Å²) in [4.78, 5) is 11.0. The zero-order valence-corrected chi connectivity index (χ0v) is 10.1. The number of rotatable bonds is 2. The van der Waals surface area contributed by atoms with Crippen LogP contribution in [-0.4, -0.2) is 22.8 Å². The minimum atomic E-state index is -0.675. The van der Waals surface area contributed by atoms with Crippen LogP contribution in [-0.2, 0) is 9.53 Å². The van der Waals surface area contributed by atoms with Gasteiger partial charge in [0.2, 0.25) is 0 Å². The zero-order valence-electron chi connectivity index (χ0n) is 10.1. The first kappa shape index (κ1) is 12.5. The van der Waals surface area contributed by atoms with Gasteiger partial charge in [0.15, 0.2) is 0 Å². The van der Waals surface area contributed by atoms with Gasteiger partial charge in [0, 0.05) is 13.3 Å². The Morgan fingerprint density at radius 1 is 1.53 bits per heavy atom. The van der Waals surface area contributed by atoms with Crippen molar-refractivity contribution in [3.8, 4) is 0 Å². The molecule has 1 saturated carbocycles. The summed E-state index contributed by atoms with van der Waals surface area (Å²) in [6.45, 7) is 7.53. The normalized spacial score (nSPS) is 36.7. The number of carbonyl (C=O) groups is 1. The molecular weight excluding hydrogens is 192 g/mol. The van der Waals surface area contributed by atoms with Gasteiger partial charge < -0.3 is 9.84 Å². The molecule has 1 aliphatic rings. The fraction of sp³-hybridized carbons (Fsp3) is 0.917. The molecule has 0 saturated heterocycles. The quantitative estimate of drug-likeness (QED) is 0.716. The van der Waals surface area contributed by atoms with Gasteiger partial charge in [-0.15, -0.1) is 0 Å². The lowest BCUT2D eigenvalue weighted by atomic mass is 9.73. The van der Waals surface area contributed by atoms with Crippen LogP contribution in [0.5, 0.6) is 0 Å². The van der Waals surface area contributed by atoms with Crippen LogP contribution in [0.1, 0.15) is 47.0 Å². The summed E-state index contributed by atoms with van der Waals surface area (Å²) in [5, 5.41) is 9.97. The van der Waals surface area contributed by atoms with Crippen LogP contribution in [0.25, 0.3) is 0 Å². The Morgan fingerprint density at radius 3 is 2.60 bits per heavy atom. The maximum Gasteiger partial charge on any atom is 0.302 e. The summed E-state index contributed by atoms with van der Waals surface area (Å²) in [6.07, 6.45) is 2.18. The van der Waals surface area contributed by atoms with Crippen molar-refractivity contribution < 1.29 is 14.6 Å². The third-order valence-electron chi connectivity index (χ3n) is 3.31. The standard InChI is InChI=1S/C12H22O3/c1-8(2)10-5-6-12(4,14)7-11(10)15-9(3)13/h8,10-11,14H,5-7H2,1-4H3/t10-,11-,12-/m0/s1. The number of hydrogen-bond donors (Lipinski definition) is 1. The van der Waals surface area contributed by atoms with Crippen LogP contribution in [0, 0.1) is 11.8 Å². The largest absolute Gasteiger partial charge is 0.462 e. The van der Waals surface area contributed by atoms with E-state index in [9.17, 15) is 9.90 Å². The number of hydrogen-bond acceptors (Lipinski definition) is 3. The van der Waals surface area contributed by atoms with Crippen molar-refractivity contribution in [3.63, 3.8) is 0 Å². The Labute approximate surface area is 91.8 Å². The van der Waals surface area contributed by atoms with E-state index < -0.39 is 5.60 Å². The molecule has 1 N–H and O–H groups in total. The Balaban J connectivity index is 2.69. The first-order valence-corrected chi connectivity index (χ1v) is 5.71. The molecular formula is C12H22O3. The maximum absolute atomic E-state index is 11.0. The van der Waals surface area contributed by atoms with E-state index in [1.54, 1.807) is 0 Å². The van der Waals surface area contributed by atoms with Crippen molar-refractivity contribution in [2.75, 3.05) is 0 Å². The van der Waals surface area contributed by atoms with Crippen molar-refractivity contribution in [3.05, 3.63) is 0 Å². The van der Waals surface area contributed by atoms with Crippen LogP contribution in [0.15, 0.2) is 0 Å². The molecule has 1 aliphatic carbocycles. The van der Waals surface area contributed by atoms with Gasteiger partial charge in [-0.3, -0.25) is 4.79 Å². The molecule has 3 nitrogen and oxygen atoms in total. The second-order valence-electron chi connectivity index (χ2n) is 5.30. The van der Waals surface area contributed by atoms with Gasteiger partial charge in [-0.1, -0.05) is 13.8 Å². The lowest BCUT2D eigenvalue weighted by Crippen LogP contribution is -2.43. The predicted molar refractivity (Wildman–Crippen MR) is 58.4 cm³/mol. The van der Waals surface area contributed by atoms with E-state index in [0.717, 1.165) is 12.8 Å². The topological polar surface area (TPSA) is 46.5 Å². The van der Waals surface area contributed by atoms with Gasteiger partial charge in [0.1, 0.15) is 6.10 Å². The van der Waals surface area contributed by atoms with Gasteiger partial charge in [0.05, 0.1) is 5.60 Å². The number of aliphatic hydroxyl groups is 1. The summed E-state index contributed by atoms with van der Waals surface area (Å²) in [5.74, 6) is 0.628. The zero-order chi connectivity index (χ0) is 11.6. The van der Waals surface area contributed by atoms with Crippen molar-refractivity contribution in [1.29, 1.82) is 0 Å². The molecule has 88 valence electrons. The second-order valence-corrected chi connectivity index (χ2v) is 5.30. The molecule has 1 fully saturated rings. The van der Waals surface area contributed by atoms with E-state index in [1.807, 2.05) is 6.92 Å². The van der Waals surface area contributed by atoms with Crippen LogP contribution < -0.4 is 0 Å². The molecule has 0 heterocycles. The minimum absolute atomic E-state index is 0.119. The second kappa shape index (κ2) is 4.52. The molecule has 0 radical (unpaired) electrons. The fourth-order valence-electron chi connectivity index (χ4n) is 2.46. The van der Waals surface area contributed by atoms with Crippen molar-refractivity contribution >= 4 is 5.97 Å². The van der Waals surface area contributed by atoms with Crippen LogP contribution >= 0.6 is 0 Å². The van der Waals surface area contributed by atoms with E-state index in [1.165, 1.54) is 6.92 Å². The Kier molecular flexibility index (Phi) is 3.77. The Hall–Kier alpha value is -0.570. The first-order valence-electron chi connectivity index (χ1n) is 5.71. The van der Waals surface area contributed by atoms with Gasteiger partial charge in [0.25, 0.3) is 0 Å². The first-order chi connectivity index (χ1) is 6.82. The molecule has 0 spiro atoms. The number of carbonyl (C=O) groups excluding carboxylic acids is 1. The summed E-state index contributed by atoms with van der Waals surface area (Å²) < 4.78 is 5.30. The summed E-state index contributed by atoms with van der Waals surface area (Å²) in [5.41, 5.74) is -0.675. The molecule has 3 atom stereocenters. The molecule has 0 aromatic rings. The molecule has 15 heavy (non-hydrogen) atoms. The number of ether oxygens (including phenoxy) is 1. The van der Waals surface area contributed by atoms with Gasteiger partial charge in [-0.2, -0.15) is 0 Å². The lowest BCUT2D eigenvalue weighted by molar-refractivity contribution is -0.159. The molecule has 1 rings (SSSR count). The fourth-order valence-corrected chi connectivity index (χ4v) is 2.46. The predicted octanol–water partition coefficient (Wildman–Crippen LogP) is 2.13. The van der Waals surface area contributed by atoms with Crippen LogP contribution in [0.2, 0.25) is 0 Å². The number of esters is 1. The molecule has 0 aliphatic heterocycles. The average molecular weight is 214 g/mol. The molecule has 3 heteroatoms. The molecule has 0 aromatic carbocycles. The molecule has 0 bridgehead atoms. The average Bonchev–Trinajstić information content (AvgIpc) is 1.99. The highest BCUT2D eigenvalue weighted by Crippen LogP contribution is 2.37. The van der Waals surface area contributed by atoms with Crippen LogP contribution in [0.3, 0.4) is 0 Å². The smallest absolute Gasteiger partial charge is 0.302 e. The van der Waals surface area contributed by atoms with E-state index in [0.29, 0.717) is 18.3 Å². The van der Waals surface area contributed by atoms with Crippen LogP contribution in [0.4, 0.5) is 0 Å². The maximum atomic E-state index is 11.0. The Bertz CT molecular complexity index is 233. The van der Waals surface area contributed by atoms with E-state index in [4.69, 9.17) is 4.74 Å². The highest BCUT2D eigenvalue weighted by Gasteiger charge is 2.39. The third-order valence-corrected chi connectivity index (χ3v) is 3.31. The van der Waals surface area contributed by atoms with Crippen molar-refractivity contribution in [2.24, 2.45) is 11.8 Å². The van der Waals surface area contributed by atoms with Gasteiger partial charge >= 0.3 is 5.97 Å². The van der Waals surface area contributed by atoms with Crippen molar-refractivity contribution in [2.45, 2.75) is 58.7 Å². The monoisotopic (exact) mass is 214 g/mol. The summed E-state index contributed by atoms with van der Waals surface area (Å²) >= 11 is 0. The molecule has 0 unspecified atom stereocenters. The summed E-state index contributed by atoms with van der Waals surface area (Å²) in [7, 11) is 0. The van der Waals surface area contributed by atoms with E-state index in [-0.39, 0.29) is 12.1 Å². The highest BCUT2D eigenvalue weighted by atomic mass is 16.5. The van der Waals surface area contributed by atoms with Gasteiger partial charge in [-0.05, 0) is 31.6 Å². The lowest BCUT2D eigenvalue weighted by Gasteiger charge is -2.40. The van der Waals surface area contributed by atoms with Gasteiger partial charge in [-0.25, -0.2) is 0 Å². The highest BCUT2D eigenvalue weighted by molar-refractivity contribution is 5.66. The third kappa shape index (κ3) is 3.49. The van der Waals surface area contributed by atoms with Crippen molar-refractivity contribution in [1.82, 2.24) is 0 Å². The minimum Gasteiger partial charge on any atom is -0.462 e.